The second-order valence-electron chi connectivity index (χ2n) is 5.62. The molecule has 4 nitrogen and oxygen atoms in total. The Hall–Kier alpha value is -2.75. The molecule has 0 unspecified atom stereocenters. The highest BCUT2D eigenvalue weighted by molar-refractivity contribution is 6.09. The Balaban J connectivity index is 2.07. The van der Waals surface area contributed by atoms with E-state index in [1.807, 2.05) is 49.5 Å². The molecule has 0 N–H and O–H groups in total. The fourth-order valence-electron chi connectivity index (χ4n) is 2.91. The van der Waals surface area contributed by atoms with Gasteiger partial charge in [-0.15, -0.1) is 0 Å². The van der Waals surface area contributed by atoms with Crippen LogP contribution in [-0.4, -0.2) is 27.8 Å². The lowest BCUT2D eigenvalue weighted by Crippen LogP contribution is -2.18. The van der Waals surface area contributed by atoms with Gasteiger partial charge >= 0.3 is 0 Å². The molecule has 4 rings (SSSR count). The molecule has 2 heterocycles. The van der Waals surface area contributed by atoms with Crippen molar-refractivity contribution in [3.8, 4) is 0 Å². The van der Waals surface area contributed by atoms with Crippen molar-refractivity contribution in [2.24, 2.45) is 5.10 Å². The Labute approximate surface area is 128 Å². The van der Waals surface area contributed by atoms with Gasteiger partial charge in [0.05, 0.1) is 16.6 Å². The molecule has 0 saturated heterocycles. The zero-order valence-electron chi connectivity index (χ0n) is 12.2. The van der Waals surface area contributed by atoms with E-state index < -0.39 is 0 Å². The van der Waals surface area contributed by atoms with Gasteiger partial charge in [0.1, 0.15) is 0 Å². The maximum absolute atomic E-state index is 11.5. The van der Waals surface area contributed by atoms with E-state index in [0.29, 0.717) is 6.42 Å². The number of nitrogens with zero attached hydrogens (tertiary/aromatic N) is 3. The topological polar surface area (TPSA) is 51.3 Å². The van der Waals surface area contributed by atoms with E-state index in [0.717, 1.165) is 27.4 Å². The molecular weight excluding hydrogens is 274 g/mol. The lowest BCUT2D eigenvalue weighted by Gasteiger charge is -2.06. The highest BCUT2D eigenvalue weighted by atomic mass is 16.3. The van der Waals surface area contributed by atoms with E-state index in [1.165, 1.54) is 0 Å². The van der Waals surface area contributed by atoms with Gasteiger partial charge in [-0.25, -0.2) is 4.98 Å². The van der Waals surface area contributed by atoms with Crippen LogP contribution in [0.4, 0.5) is 0 Å². The number of aromatic nitrogens is 1. The Morgan fingerprint density at radius 1 is 1.05 bits per heavy atom. The van der Waals surface area contributed by atoms with Gasteiger partial charge in [-0.05, 0) is 17.2 Å². The van der Waals surface area contributed by atoms with Crippen LogP contribution in [0.2, 0.25) is 0 Å². The van der Waals surface area contributed by atoms with Gasteiger partial charge in [-0.1, -0.05) is 41.1 Å². The molecule has 1 atom stereocenters. The summed E-state index contributed by atoms with van der Waals surface area (Å²) in [6.45, 7) is 2.01. The van der Waals surface area contributed by atoms with Crippen molar-refractivity contribution in [2.75, 3.05) is 0 Å². The van der Waals surface area contributed by atoms with E-state index in [-0.39, 0.29) is 11.9 Å². The van der Waals surface area contributed by atoms with Crippen LogP contribution >= 0.6 is 0 Å². The zero-order chi connectivity index (χ0) is 15.1. The van der Waals surface area contributed by atoms with Crippen molar-refractivity contribution < 1.29 is 9.79 Å². The fourth-order valence-corrected chi connectivity index (χ4v) is 2.91. The van der Waals surface area contributed by atoms with Gasteiger partial charge in [0.15, 0.2) is 6.04 Å². The summed E-state index contributed by atoms with van der Waals surface area (Å²) in [5, 5.41) is 17.8. The first-order chi connectivity index (χ1) is 10.7. The Morgan fingerprint density at radius 3 is 2.18 bits per heavy atom. The van der Waals surface area contributed by atoms with E-state index in [2.05, 4.69) is 17.2 Å². The summed E-state index contributed by atoms with van der Waals surface area (Å²) in [4.78, 5) is 4.71. The number of pyridine rings is 1. The summed E-state index contributed by atoms with van der Waals surface area (Å²) in [5.74, 6) is -0.0635. The molecule has 0 radical (unpaired) electrons. The minimum absolute atomic E-state index is 0.0635. The summed E-state index contributed by atoms with van der Waals surface area (Å²) in [6, 6.07) is 16.2. The van der Waals surface area contributed by atoms with Crippen LogP contribution < -0.4 is 5.11 Å². The first kappa shape index (κ1) is 13.0. The molecular formula is C18H15N3O. The van der Waals surface area contributed by atoms with Crippen molar-refractivity contribution in [1.29, 1.82) is 0 Å². The molecule has 4 heteroatoms. The summed E-state index contributed by atoms with van der Waals surface area (Å²) < 4.78 is 1.77. The number of benzene rings is 2. The van der Waals surface area contributed by atoms with Crippen LogP contribution in [0.5, 0.6) is 0 Å². The second kappa shape index (κ2) is 4.91. The van der Waals surface area contributed by atoms with Crippen molar-refractivity contribution in [3.63, 3.8) is 0 Å². The summed E-state index contributed by atoms with van der Waals surface area (Å²) >= 11 is 0. The maximum Gasteiger partial charge on any atom is 0.205 e. The molecule has 0 fully saturated rings. The van der Waals surface area contributed by atoms with Crippen molar-refractivity contribution >= 4 is 33.9 Å². The molecule has 0 amide bonds. The Morgan fingerprint density at radius 2 is 1.64 bits per heavy atom. The van der Waals surface area contributed by atoms with Crippen LogP contribution in [0.1, 0.15) is 18.9 Å². The molecule has 0 spiro atoms. The van der Waals surface area contributed by atoms with Crippen LogP contribution in [0.25, 0.3) is 21.8 Å². The number of para-hydroxylation sites is 2. The van der Waals surface area contributed by atoms with Gasteiger partial charge in [-0.2, -0.15) is 0 Å². The highest BCUT2D eigenvalue weighted by Crippen LogP contribution is 2.25. The first-order valence-corrected chi connectivity index (χ1v) is 7.37. The molecule has 1 aliphatic rings. The largest absolute Gasteiger partial charge is 0.857 e. The average Bonchev–Trinajstić information content (AvgIpc) is 2.84. The molecule has 1 aliphatic heterocycles. The minimum atomic E-state index is -0.0635. The third-order valence-corrected chi connectivity index (χ3v) is 4.04. The zero-order valence-corrected chi connectivity index (χ0v) is 12.2. The van der Waals surface area contributed by atoms with Crippen LogP contribution in [0.3, 0.4) is 0 Å². The molecule has 0 bridgehead atoms. The van der Waals surface area contributed by atoms with E-state index in [9.17, 15) is 5.11 Å². The van der Waals surface area contributed by atoms with Gasteiger partial charge in [0.25, 0.3) is 0 Å². The molecule has 2 aromatic carbocycles. The van der Waals surface area contributed by atoms with E-state index >= 15 is 0 Å². The van der Waals surface area contributed by atoms with E-state index in [4.69, 9.17) is 4.98 Å². The lowest BCUT2D eigenvalue weighted by molar-refractivity contribution is -0.553. The van der Waals surface area contributed by atoms with Gasteiger partial charge in [-0.3, -0.25) is 0 Å². The van der Waals surface area contributed by atoms with Crippen LogP contribution in [-0.2, 0) is 0 Å². The van der Waals surface area contributed by atoms with Gasteiger partial charge < -0.3 is 5.11 Å². The summed E-state index contributed by atoms with van der Waals surface area (Å²) in [6.07, 6.45) is 2.44. The minimum Gasteiger partial charge on any atom is -0.857 e. The molecule has 1 aromatic heterocycles. The number of fused-ring (bicyclic) bond motifs is 2. The summed E-state index contributed by atoms with van der Waals surface area (Å²) in [7, 11) is 0. The predicted octanol–water partition coefficient (Wildman–Crippen LogP) is 2.29. The molecule has 22 heavy (non-hydrogen) atoms. The lowest BCUT2D eigenvalue weighted by atomic mass is 10.0. The van der Waals surface area contributed by atoms with Crippen LogP contribution in [0, 0.1) is 0 Å². The molecule has 0 aliphatic carbocycles. The molecule has 0 saturated carbocycles. The second-order valence-corrected chi connectivity index (χ2v) is 5.62. The normalized spacial score (nSPS) is 20.0. The Bertz CT molecular complexity index is 889. The highest BCUT2D eigenvalue weighted by Gasteiger charge is 2.23. The standard InChI is InChI=1S/C18H15N3O/c1-12-10-18(22)20-21(12)11-15-13-6-2-4-8-16(13)19-17-9-5-3-7-14(15)17/h2-9,11-12H,10H2,1H3/t12-/m1/s1. The number of rotatable bonds is 1. The third kappa shape index (κ3) is 2.04. The van der Waals surface area contributed by atoms with Crippen LogP contribution in [0.15, 0.2) is 53.6 Å². The summed E-state index contributed by atoms with van der Waals surface area (Å²) in [5.41, 5.74) is 2.96. The monoisotopic (exact) mass is 289 g/mol. The van der Waals surface area contributed by atoms with Crippen molar-refractivity contribution in [3.05, 3.63) is 54.1 Å². The average molecular weight is 289 g/mol. The Kier molecular flexibility index (Phi) is 2.89. The third-order valence-electron chi connectivity index (χ3n) is 4.04. The SMILES string of the molecule is C[C@@H]1CC([O-])=N/[N+]1=C\c1c2ccccc2nc2ccccc12. The van der Waals surface area contributed by atoms with Crippen molar-refractivity contribution in [1.82, 2.24) is 4.98 Å². The number of hydrazone groups is 1. The quantitative estimate of drug-likeness (QED) is 0.510. The van der Waals surface area contributed by atoms with Crippen molar-refractivity contribution in [2.45, 2.75) is 19.4 Å². The number of hydrogen-bond donors (Lipinski definition) is 0. The van der Waals surface area contributed by atoms with Gasteiger partial charge in [0.2, 0.25) is 6.21 Å². The molecule has 108 valence electrons. The predicted molar refractivity (Wildman–Crippen MR) is 86.2 cm³/mol. The first-order valence-electron chi connectivity index (χ1n) is 7.37. The van der Waals surface area contributed by atoms with Gasteiger partial charge in [0, 0.05) is 30.0 Å². The molecule has 3 aromatic rings. The van der Waals surface area contributed by atoms with E-state index in [1.54, 1.807) is 4.68 Å². The maximum atomic E-state index is 11.5. The smallest absolute Gasteiger partial charge is 0.205 e. The number of hydrogen-bond acceptors (Lipinski definition) is 3. The fraction of sp³-hybridized carbons (Fsp3) is 0.167.